The average molecular weight is 270 g/mol. The number of nitrogens with one attached hydrogen (secondary N) is 1. The number of benzene rings is 1. The van der Waals surface area contributed by atoms with Gasteiger partial charge in [0.2, 0.25) is 0 Å². The molecule has 1 heterocycles. The van der Waals surface area contributed by atoms with Crippen LogP contribution in [0.3, 0.4) is 0 Å². The molecule has 3 heteroatoms. The molecule has 0 amide bonds. The van der Waals surface area contributed by atoms with Gasteiger partial charge in [-0.15, -0.1) is 0 Å². The summed E-state index contributed by atoms with van der Waals surface area (Å²) in [7, 11) is 0. The van der Waals surface area contributed by atoms with Crippen molar-refractivity contribution in [2.75, 3.05) is 0 Å². The monoisotopic (exact) mass is 270 g/mol. The minimum atomic E-state index is 0.214. The lowest BCUT2D eigenvalue weighted by molar-refractivity contribution is 0.242. The summed E-state index contributed by atoms with van der Waals surface area (Å²) in [4.78, 5) is 4.04. The van der Waals surface area contributed by atoms with Crippen LogP contribution in [-0.2, 0) is 6.54 Å². The van der Waals surface area contributed by atoms with Gasteiger partial charge < -0.3 is 10.1 Å². The van der Waals surface area contributed by atoms with E-state index in [-0.39, 0.29) is 6.10 Å². The summed E-state index contributed by atoms with van der Waals surface area (Å²) in [5.74, 6) is 0.922. The zero-order valence-electron chi connectivity index (χ0n) is 12.3. The van der Waals surface area contributed by atoms with E-state index < -0.39 is 0 Å². The summed E-state index contributed by atoms with van der Waals surface area (Å²) < 4.78 is 5.64. The summed E-state index contributed by atoms with van der Waals surface area (Å²) in [6.07, 6.45) is 3.86. The van der Waals surface area contributed by atoms with Crippen molar-refractivity contribution in [2.45, 2.75) is 39.5 Å². The number of pyridine rings is 1. The summed E-state index contributed by atoms with van der Waals surface area (Å²) in [6, 6.07) is 12.6. The highest BCUT2D eigenvalue weighted by Gasteiger charge is 2.04. The largest absolute Gasteiger partial charge is 0.491 e. The molecule has 0 aliphatic heterocycles. The summed E-state index contributed by atoms with van der Waals surface area (Å²) in [5, 5.41) is 3.51. The van der Waals surface area contributed by atoms with Crippen molar-refractivity contribution in [1.82, 2.24) is 10.3 Å². The number of ether oxygens (including phenoxy) is 1. The molecule has 1 N–H and O–H groups in total. The van der Waals surface area contributed by atoms with Gasteiger partial charge >= 0.3 is 0 Å². The van der Waals surface area contributed by atoms with Gasteiger partial charge in [-0.25, -0.2) is 0 Å². The van der Waals surface area contributed by atoms with Crippen LogP contribution in [0.4, 0.5) is 0 Å². The van der Waals surface area contributed by atoms with Crippen LogP contribution in [0, 0.1) is 0 Å². The molecule has 106 valence electrons. The van der Waals surface area contributed by atoms with Crippen LogP contribution in [0.25, 0.3) is 0 Å². The molecule has 20 heavy (non-hydrogen) atoms. The lowest BCUT2D eigenvalue weighted by Gasteiger charge is -2.14. The van der Waals surface area contributed by atoms with Crippen LogP contribution in [0.1, 0.15) is 37.9 Å². The molecule has 2 aromatic rings. The SMILES string of the molecule is CC(C)Oc1ccc(CNC(C)c2ccncc2)cc1. The fourth-order valence-corrected chi connectivity index (χ4v) is 2.00. The minimum Gasteiger partial charge on any atom is -0.491 e. The third-order valence-corrected chi connectivity index (χ3v) is 3.11. The van der Waals surface area contributed by atoms with E-state index in [9.17, 15) is 0 Å². The first-order valence-corrected chi connectivity index (χ1v) is 7.04. The number of hydrogen-bond acceptors (Lipinski definition) is 3. The second kappa shape index (κ2) is 7.06. The molecule has 1 atom stereocenters. The van der Waals surface area contributed by atoms with Crippen LogP contribution in [0.5, 0.6) is 5.75 Å². The molecule has 0 radical (unpaired) electrons. The van der Waals surface area contributed by atoms with Crippen LogP contribution in [0.15, 0.2) is 48.8 Å². The molecule has 0 fully saturated rings. The van der Waals surface area contributed by atoms with Gasteiger partial charge in [0, 0.05) is 25.0 Å². The Morgan fingerprint density at radius 1 is 1.00 bits per heavy atom. The molecule has 1 aromatic carbocycles. The lowest BCUT2D eigenvalue weighted by atomic mass is 10.1. The molecule has 1 unspecified atom stereocenters. The van der Waals surface area contributed by atoms with E-state index >= 15 is 0 Å². The first kappa shape index (κ1) is 14.5. The molecule has 0 saturated carbocycles. The van der Waals surface area contributed by atoms with Crippen LogP contribution >= 0.6 is 0 Å². The molecule has 0 aliphatic rings. The second-order valence-corrected chi connectivity index (χ2v) is 5.19. The Morgan fingerprint density at radius 3 is 2.25 bits per heavy atom. The number of aromatic nitrogens is 1. The smallest absolute Gasteiger partial charge is 0.119 e. The summed E-state index contributed by atoms with van der Waals surface area (Å²) in [5.41, 5.74) is 2.50. The molecule has 2 rings (SSSR count). The fourth-order valence-electron chi connectivity index (χ4n) is 2.00. The van der Waals surface area contributed by atoms with Crippen molar-refractivity contribution in [3.05, 3.63) is 59.9 Å². The third-order valence-electron chi connectivity index (χ3n) is 3.11. The Kier molecular flexibility index (Phi) is 5.13. The molecule has 0 aliphatic carbocycles. The van der Waals surface area contributed by atoms with Crippen LogP contribution < -0.4 is 10.1 Å². The highest BCUT2D eigenvalue weighted by atomic mass is 16.5. The van der Waals surface area contributed by atoms with E-state index in [1.165, 1.54) is 11.1 Å². The second-order valence-electron chi connectivity index (χ2n) is 5.19. The predicted octanol–water partition coefficient (Wildman–Crippen LogP) is 3.72. The fraction of sp³-hybridized carbons (Fsp3) is 0.353. The highest BCUT2D eigenvalue weighted by molar-refractivity contribution is 5.27. The topological polar surface area (TPSA) is 34.1 Å². The van der Waals surface area contributed by atoms with Crippen LogP contribution in [0.2, 0.25) is 0 Å². The summed E-state index contributed by atoms with van der Waals surface area (Å²) in [6.45, 7) is 7.06. The molecule has 0 saturated heterocycles. The molecule has 0 spiro atoms. The quantitative estimate of drug-likeness (QED) is 0.868. The molecule has 0 bridgehead atoms. The average Bonchev–Trinajstić information content (AvgIpc) is 2.46. The Bertz CT molecular complexity index is 508. The maximum Gasteiger partial charge on any atom is 0.119 e. The van der Waals surface area contributed by atoms with Gasteiger partial charge in [0.05, 0.1) is 6.10 Å². The van der Waals surface area contributed by atoms with E-state index in [2.05, 4.69) is 29.4 Å². The first-order valence-electron chi connectivity index (χ1n) is 7.04. The molecular formula is C17H22N2O. The Morgan fingerprint density at radius 2 is 1.65 bits per heavy atom. The zero-order valence-corrected chi connectivity index (χ0v) is 12.3. The van der Waals surface area contributed by atoms with Crippen molar-refractivity contribution < 1.29 is 4.74 Å². The molecular weight excluding hydrogens is 248 g/mol. The summed E-state index contributed by atoms with van der Waals surface area (Å²) >= 11 is 0. The minimum absolute atomic E-state index is 0.214. The van der Waals surface area contributed by atoms with E-state index in [1.807, 2.05) is 50.5 Å². The maximum atomic E-state index is 5.64. The predicted molar refractivity (Wildman–Crippen MR) is 81.7 cm³/mol. The van der Waals surface area contributed by atoms with Gasteiger partial charge in [-0.1, -0.05) is 12.1 Å². The lowest BCUT2D eigenvalue weighted by Crippen LogP contribution is -2.18. The number of hydrogen-bond donors (Lipinski definition) is 1. The van der Waals surface area contributed by atoms with Gasteiger partial charge in [-0.2, -0.15) is 0 Å². The third kappa shape index (κ3) is 4.35. The first-order chi connectivity index (χ1) is 9.65. The van der Waals surface area contributed by atoms with Crippen molar-refractivity contribution >= 4 is 0 Å². The van der Waals surface area contributed by atoms with Crippen molar-refractivity contribution in [3.8, 4) is 5.75 Å². The van der Waals surface area contributed by atoms with Crippen LogP contribution in [-0.4, -0.2) is 11.1 Å². The maximum absolute atomic E-state index is 5.64. The van der Waals surface area contributed by atoms with E-state index in [0.29, 0.717) is 6.04 Å². The zero-order chi connectivity index (χ0) is 14.4. The van der Waals surface area contributed by atoms with Gasteiger partial charge in [0.25, 0.3) is 0 Å². The normalized spacial score (nSPS) is 12.4. The Balaban J connectivity index is 1.88. The van der Waals surface area contributed by atoms with Crippen molar-refractivity contribution in [1.29, 1.82) is 0 Å². The molecule has 1 aromatic heterocycles. The highest BCUT2D eigenvalue weighted by Crippen LogP contribution is 2.15. The van der Waals surface area contributed by atoms with Crippen molar-refractivity contribution in [3.63, 3.8) is 0 Å². The number of rotatable bonds is 6. The van der Waals surface area contributed by atoms with Gasteiger partial charge in [-0.3, -0.25) is 4.98 Å². The van der Waals surface area contributed by atoms with E-state index in [1.54, 1.807) is 0 Å². The Labute approximate surface area is 121 Å². The van der Waals surface area contributed by atoms with Gasteiger partial charge in [-0.05, 0) is 56.2 Å². The van der Waals surface area contributed by atoms with E-state index in [0.717, 1.165) is 12.3 Å². The molecule has 3 nitrogen and oxygen atoms in total. The Hall–Kier alpha value is -1.87. The van der Waals surface area contributed by atoms with Gasteiger partial charge in [0.1, 0.15) is 5.75 Å². The van der Waals surface area contributed by atoms with Gasteiger partial charge in [0.15, 0.2) is 0 Å². The van der Waals surface area contributed by atoms with E-state index in [4.69, 9.17) is 4.74 Å². The number of nitrogens with zero attached hydrogens (tertiary/aromatic N) is 1. The standard InChI is InChI=1S/C17H22N2O/c1-13(2)20-17-6-4-15(5-7-17)12-19-14(3)16-8-10-18-11-9-16/h4-11,13-14,19H,12H2,1-3H3. The van der Waals surface area contributed by atoms with Crippen molar-refractivity contribution in [2.24, 2.45) is 0 Å².